The first-order valence-electron chi connectivity index (χ1n) is 5.68. The van der Waals surface area contributed by atoms with Crippen molar-refractivity contribution in [3.63, 3.8) is 0 Å². The van der Waals surface area contributed by atoms with E-state index >= 15 is 0 Å². The Morgan fingerprint density at radius 2 is 2.12 bits per heavy atom. The minimum Gasteiger partial charge on any atom is -0.381 e. The zero-order chi connectivity index (χ0) is 12.3. The molecule has 0 aliphatic carbocycles. The Labute approximate surface area is 108 Å². The van der Waals surface area contributed by atoms with Gasteiger partial charge in [0.15, 0.2) is 5.78 Å². The van der Waals surface area contributed by atoms with Crippen molar-refractivity contribution >= 4 is 21.7 Å². The molecule has 0 aromatic heterocycles. The molecule has 1 saturated heterocycles. The monoisotopic (exact) mass is 300 g/mol. The lowest BCUT2D eigenvalue weighted by atomic mass is 9.91. The van der Waals surface area contributed by atoms with Gasteiger partial charge in [-0.25, -0.2) is 4.39 Å². The summed E-state index contributed by atoms with van der Waals surface area (Å²) in [5.74, 6) is -0.286. The predicted molar refractivity (Wildman–Crippen MR) is 67.3 cm³/mol. The van der Waals surface area contributed by atoms with Crippen LogP contribution in [0, 0.1) is 5.82 Å². The number of rotatable bonds is 3. The summed E-state index contributed by atoms with van der Waals surface area (Å²) in [5, 5.41) is 0.153. The van der Waals surface area contributed by atoms with Gasteiger partial charge in [0, 0.05) is 13.2 Å². The van der Waals surface area contributed by atoms with Gasteiger partial charge < -0.3 is 4.74 Å². The molecule has 0 spiro atoms. The Hall–Kier alpha value is -0.740. The van der Waals surface area contributed by atoms with Gasteiger partial charge in [0.25, 0.3) is 0 Å². The summed E-state index contributed by atoms with van der Waals surface area (Å²) in [5.41, 5.74) is 1.13. The number of hydrogen-bond acceptors (Lipinski definition) is 2. The van der Waals surface area contributed by atoms with E-state index < -0.39 is 5.82 Å². The molecule has 1 heterocycles. The number of alkyl halides is 1. The molecule has 17 heavy (non-hydrogen) atoms. The first-order valence-corrected chi connectivity index (χ1v) is 6.81. The van der Waals surface area contributed by atoms with Gasteiger partial charge in [0.2, 0.25) is 0 Å². The summed E-state index contributed by atoms with van der Waals surface area (Å²) < 4.78 is 19.0. The molecular formula is C13H14BrFO2. The minimum absolute atomic E-state index is 0.153. The Morgan fingerprint density at radius 1 is 1.41 bits per heavy atom. The number of carbonyl (C=O) groups is 1. The molecule has 0 bridgehead atoms. The SMILES string of the molecule is O=C(CBr)c1ccc(C2CCOCC2)cc1F. The molecule has 0 N–H and O–H groups in total. The van der Waals surface area contributed by atoms with Gasteiger partial charge in [0.1, 0.15) is 5.82 Å². The highest BCUT2D eigenvalue weighted by atomic mass is 79.9. The normalized spacial score (nSPS) is 17.1. The molecule has 2 rings (SSSR count). The fraction of sp³-hybridized carbons (Fsp3) is 0.462. The maximum absolute atomic E-state index is 13.8. The van der Waals surface area contributed by atoms with E-state index in [9.17, 15) is 9.18 Å². The van der Waals surface area contributed by atoms with Crippen molar-refractivity contribution in [2.75, 3.05) is 18.5 Å². The van der Waals surface area contributed by atoms with Crippen LogP contribution in [-0.4, -0.2) is 24.3 Å². The van der Waals surface area contributed by atoms with Crippen LogP contribution in [0.3, 0.4) is 0 Å². The van der Waals surface area contributed by atoms with E-state index in [-0.39, 0.29) is 16.7 Å². The standard InChI is InChI=1S/C13H14BrFO2/c14-8-13(16)11-2-1-10(7-12(11)15)9-3-5-17-6-4-9/h1-2,7,9H,3-6,8H2. The number of halogens is 2. The number of benzene rings is 1. The number of carbonyl (C=O) groups excluding carboxylic acids is 1. The number of ether oxygens (including phenoxy) is 1. The first kappa shape index (κ1) is 12.7. The predicted octanol–water partition coefficient (Wildman–Crippen LogP) is 3.30. The molecule has 1 aromatic carbocycles. The van der Waals surface area contributed by atoms with Crippen LogP contribution < -0.4 is 0 Å². The molecule has 2 nitrogen and oxygen atoms in total. The van der Waals surface area contributed by atoms with Gasteiger partial charge in [-0.05, 0) is 36.5 Å². The lowest BCUT2D eigenvalue weighted by Gasteiger charge is -2.22. The van der Waals surface area contributed by atoms with Gasteiger partial charge in [-0.1, -0.05) is 22.0 Å². The Balaban J connectivity index is 2.20. The molecule has 1 aliphatic heterocycles. The van der Waals surface area contributed by atoms with Crippen LogP contribution in [0.15, 0.2) is 18.2 Å². The van der Waals surface area contributed by atoms with Gasteiger partial charge in [0.05, 0.1) is 10.9 Å². The van der Waals surface area contributed by atoms with E-state index in [0.29, 0.717) is 5.92 Å². The highest BCUT2D eigenvalue weighted by Gasteiger charge is 2.18. The number of Topliss-reactive ketones (excluding diaryl/α,β-unsaturated/α-hetero) is 1. The van der Waals surface area contributed by atoms with Crippen LogP contribution in [0.4, 0.5) is 4.39 Å². The van der Waals surface area contributed by atoms with Gasteiger partial charge >= 0.3 is 0 Å². The van der Waals surface area contributed by atoms with Crippen molar-refractivity contribution in [1.82, 2.24) is 0 Å². The van der Waals surface area contributed by atoms with Crippen molar-refractivity contribution in [2.24, 2.45) is 0 Å². The summed E-state index contributed by atoms with van der Waals surface area (Å²) in [6.45, 7) is 1.46. The second-order valence-corrected chi connectivity index (χ2v) is 4.74. The van der Waals surface area contributed by atoms with Crippen molar-refractivity contribution in [3.05, 3.63) is 35.1 Å². The molecule has 0 atom stereocenters. The quantitative estimate of drug-likeness (QED) is 0.632. The average molecular weight is 301 g/mol. The maximum atomic E-state index is 13.8. The summed E-state index contributed by atoms with van der Waals surface area (Å²) in [6.07, 6.45) is 1.84. The summed E-state index contributed by atoms with van der Waals surface area (Å²) in [7, 11) is 0. The van der Waals surface area contributed by atoms with Gasteiger partial charge in [-0.3, -0.25) is 4.79 Å². The zero-order valence-corrected chi connectivity index (χ0v) is 11.0. The molecule has 0 unspecified atom stereocenters. The van der Waals surface area contributed by atoms with Crippen LogP contribution in [0.5, 0.6) is 0 Å². The van der Waals surface area contributed by atoms with E-state index in [2.05, 4.69) is 15.9 Å². The van der Waals surface area contributed by atoms with E-state index in [4.69, 9.17) is 4.74 Å². The van der Waals surface area contributed by atoms with Crippen molar-refractivity contribution < 1.29 is 13.9 Å². The van der Waals surface area contributed by atoms with E-state index in [0.717, 1.165) is 31.6 Å². The van der Waals surface area contributed by atoms with Crippen LogP contribution in [0.2, 0.25) is 0 Å². The molecule has 92 valence electrons. The fourth-order valence-electron chi connectivity index (χ4n) is 2.11. The third-order valence-corrected chi connectivity index (χ3v) is 3.62. The summed E-state index contributed by atoms with van der Waals surface area (Å²) >= 11 is 3.05. The summed E-state index contributed by atoms with van der Waals surface area (Å²) in [4.78, 5) is 11.4. The lowest BCUT2D eigenvalue weighted by molar-refractivity contribution is 0.0852. The largest absolute Gasteiger partial charge is 0.381 e. The van der Waals surface area contributed by atoms with Crippen LogP contribution >= 0.6 is 15.9 Å². The van der Waals surface area contributed by atoms with Crippen LogP contribution in [0.1, 0.15) is 34.7 Å². The molecule has 4 heteroatoms. The summed E-state index contributed by atoms with van der Waals surface area (Å²) in [6, 6.07) is 4.94. The second kappa shape index (κ2) is 5.74. The first-order chi connectivity index (χ1) is 8.22. The molecule has 1 fully saturated rings. The van der Waals surface area contributed by atoms with Crippen molar-refractivity contribution in [1.29, 1.82) is 0 Å². The third kappa shape index (κ3) is 2.93. The highest BCUT2D eigenvalue weighted by Crippen LogP contribution is 2.28. The van der Waals surface area contributed by atoms with E-state index in [1.807, 2.05) is 6.07 Å². The van der Waals surface area contributed by atoms with E-state index in [1.165, 1.54) is 6.07 Å². The highest BCUT2D eigenvalue weighted by molar-refractivity contribution is 9.09. The fourth-order valence-corrected chi connectivity index (χ4v) is 2.42. The maximum Gasteiger partial charge on any atom is 0.176 e. The number of ketones is 1. The second-order valence-electron chi connectivity index (χ2n) is 4.18. The minimum atomic E-state index is -0.418. The third-order valence-electron chi connectivity index (χ3n) is 3.11. The zero-order valence-electron chi connectivity index (χ0n) is 9.42. The Bertz CT molecular complexity index is 414. The van der Waals surface area contributed by atoms with Crippen molar-refractivity contribution in [2.45, 2.75) is 18.8 Å². The average Bonchev–Trinajstić information content (AvgIpc) is 2.39. The van der Waals surface area contributed by atoms with Gasteiger partial charge in [-0.2, -0.15) is 0 Å². The molecule has 0 radical (unpaired) electrons. The molecule has 1 aromatic rings. The van der Waals surface area contributed by atoms with E-state index in [1.54, 1.807) is 6.07 Å². The number of hydrogen-bond donors (Lipinski definition) is 0. The Morgan fingerprint density at radius 3 is 2.71 bits per heavy atom. The van der Waals surface area contributed by atoms with Crippen molar-refractivity contribution in [3.8, 4) is 0 Å². The molecule has 1 aliphatic rings. The van der Waals surface area contributed by atoms with Crippen LogP contribution in [-0.2, 0) is 4.74 Å². The van der Waals surface area contributed by atoms with Crippen LogP contribution in [0.25, 0.3) is 0 Å². The Kier molecular flexibility index (Phi) is 4.29. The molecule has 0 saturated carbocycles. The molecular weight excluding hydrogens is 287 g/mol. The topological polar surface area (TPSA) is 26.3 Å². The van der Waals surface area contributed by atoms with Gasteiger partial charge in [-0.15, -0.1) is 0 Å². The molecule has 0 amide bonds. The lowest BCUT2D eigenvalue weighted by Crippen LogP contribution is -2.14. The smallest absolute Gasteiger partial charge is 0.176 e.